The Hall–Kier alpha value is -0.200. The van der Waals surface area contributed by atoms with Crippen LogP contribution < -0.4 is 5.73 Å². The van der Waals surface area contributed by atoms with Crippen molar-refractivity contribution in [1.82, 2.24) is 0 Å². The lowest BCUT2D eigenvalue weighted by atomic mass is 9.88. The van der Waals surface area contributed by atoms with Gasteiger partial charge in [0.25, 0.3) is 0 Å². The number of hydrogen-bond acceptors (Lipinski definition) is 4. The fourth-order valence-electron chi connectivity index (χ4n) is 1.25. The first-order valence-corrected chi connectivity index (χ1v) is 4.30. The van der Waals surface area contributed by atoms with E-state index in [9.17, 15) is 0 Å². The van der Waals surface area contributed by atoms with Gasteiger partial charge in [0, 0.05) is 25.4 Å². The van der Waals surface area contributed by atoms with Gasteiger partial charge in [-0.25, -0.2) is 0 Å². The van der Waals surface area contributed by atoms with Crippen molar-refractivity contribution in [2.75, 3.05) is 19.8 Å². The first-order chi connectivity index (χ1) is 5.68. The van der Waals surface area contributed by atoms with E-state index >= 15 is 0 Å². The van der Waals surface area contributed by atoms with E-state index in [0.717, 1.165) is 0 Å². The Balaban J connectivity index is 0. The third kappa shape index (κ3) is 6.92. The molecule has 0 aromatic carbocycles. The normalized spacial score (nSPS) is 11.1. The zero-order valence-electron chi connectivity index (χ0n) is 7.87. The fourth-order valence-corrected chi connectivity index (χ4v) is 1.25. The van der Waals surface area contributed by atoms with Crippen molar-refractivity contribution >= 4 is 0 Å². The standard InChI is InChI=1S/C8H19NO3.H2O/c9-8(3-6-11,4-7-12)2-1-5-10;/h10-12H,1-7,9H2;1H2. The third-order valence-corrected chi connectivity index (χ3v) is 2.05. The van der Waals surface area contributed by atoms with Gasteiger partial charge in [0.05, 0.1) is 0 Å². The highest BCUT2D eigenvalue weighted by Crippen LogP contribution is 2.17. The highest BCUT2D eigenvalue weighted by molar-refractivity contribution is 4.83. The van der Waals surface area contributed by atoms with E-state index in [2.05, 4.69) is 0 Å². The number of aliphatic hydroxyl groups is 3. The van der Waals surface area contributed by atoms with Crippen molar-refractivity contribution in [2.45, 2.75) is 31.2 Å². The molecule has 0 aromatic heterocycles. The van der Waals surface area contributed by atoms with Gasteiger partial charge >= 0.3 is 0 Å². The van der Waals surface area contributed by atoms with Crippen LogP contribution in [0.15, 0.2) is 0 Å². The number of nitrogens with two attached hydrogens (primary N) is 1. The van der Waals surface area contributed by atoms with Gasteiger partial charge in [-0.1, -0.05) is 0 Å². The molecule has 0 aliphatic carbocycles. The first-order valence-electron chi connectivity index (χ1n) is 4.30. The van der Waals surface area contributed by atoms with Crippen LogP contribution in [0.1, 0.15) is 25.7 Å². The van der Waals surface area contributed by atoms with E-state index in [0.29, 0.717) is 25.7 Å². The Morgan fingerprint density at radius 3 is 1.62 bits per heavy atom. The predicted molar refractivity (Wildman–Crippen MR) is 50.3 cm³/mol. The molecule has 0 bridgehead atoms. The third-order valence-electron chi connectivity index (χ3n) is 2.05. The molecule has 7 N–H and O–H groups in total. The summed E-state index contributed by atoms with van der Waals surface area (Å²) >= 11 is 0. The van der Waals surface area contributed by atoms with Crippen molar-refractivity contribution < 1.29 is 20.8 Å². The Bertz CT molecular complexity index is 104. The van der Waals surface area contributed by atoms with E-state index in [4.69, 9.17) is 21.1 Å². The van der Waals surface area contributed by atoms with Gasteiger partial charge < -0.3 is 26.5 Å². The van der Waals surface area contributed by atoms with Crippen LogP contribution in [-0.2, 0) is 0 Å². The number of rotatable bonds is 7. The van der Waals surface area contributed by atoms with Crippen molar-refractivity contribution in [3.05, 3.63) is 0 Å². The van der Waals surface area contributed by atoms with E-state index in [-0.39, 0.29) is 25.3 Å². The summed E-state index contributed by atoms with van der Waals surface area (Å²) in [7, 11) is 0. The topological polar surface area (TPSA) is 118 Å². The lowest BCUT2D eigenvalue weighted by Gasteiger charge is -2.27. The minimum absolute atomic E-state index is 0. The summed E-state index contributed by atoms with van der Waals surface area (Å²) in [4.78, 5) is 0. The maximum Gasteiger partial charge on any atom is 0.0448 e. The average molecular weight is 195 g/mol. The van der Waals surface area contributed by atoms with Gasteiger partial charge in [-0.2, -0.15) is 0 Å². The molecule has 0 aliphatic heterocycles. The molecular formula is C8H21NO4. The minimum Gasteiger partial charge on any atom is -0.412 e. The van der Waals surface area contributed by atoms with Gasteiger partial charge in [-0.15, -0.1) is 0 Å². The molecule has 5 nitrogen and oxygen atoms in total. The monoisotopic (exact) mass is 195 g/mol. The van der Waals surface area contributed by atoms with Gasteiger partial charge in [-0.05, 0) is 25.7 Å². The highest BCUT2D eigenvalue weighted by Gasteiger charge is 2.22. The smallest absolute Gasteiger partial charge is 0.0448 e. The molecule has 0 unspecified atom stereocenters. The Morgan fingerprint density at radius 1 is 0.846 bits per heavy atom. The van der Waals surface area contributed by atoms with E-state index in [1.807, 2.05) is 0 Å². The molecule has 0 heterocycles. The zero-order valence-corrected chi connectivity index (χ0v) is 7.87. The Kier molecular flexibility index (Phi) is 9.87. The Morgan fingerprint density at radius 2 is 1.31 bits per heavy atom. The van der Waals surface area contributed by atoms with Crippen LogP contribution in [0.4, 0.5) is 0 Å². The summed E-state index contributed by atoms with van der Waals surface area (Å²) in [5.74, 6) is 0. The first kappa shape index (κ1) is 15.3. The molecule has 0 amide bonds. The minimum atomic E-state index is -0.508. The summed E-state index contributed by atoms with van der Waals surface area (Å²) in [6.07, 6.45) is 2.22. The summed E-state index contributed by atoms with van der Waals surface area (Å²) in [5, 5.41) is 26.0. The maximum atomic E-state index is 8.70. The molecule has 0 atom stereocenters. The number of hydrogen-bond donors (Lipinski definition) is 4. The molecule has 82 valence electrons. The Labute approximate surface area is 78.5 Å². The largest absolute Gasteiger partial charge is 0.412 e. The molecule has 5 heteroatoms. The van der Waals surface area contributed by atoms with Crippen LogP contribution in [0.3, 0.4) is 0 Å². The molecule has 0 saturated heterocycles. The van der Waals surface area contributed by atoms with Crippen LogP contribution in [0, 0.1) is 0 Å². The van der Waals surface area contributed by atoms with E-state index in [1.54, 1.807) is 0 Å². The fraction of sp³-hybridized carbons (Fsp3) is 1.00. The van der Waals surface area contributed by atoms with Crippen LogP contribution >= 0.6 is 0 Å². The molecule has 0 aliphatic rings. The lowest BCUT2D eigenvalue weighted by molar-refractivity contribution is 0.174. The molecule has 0 rings (SSSR count). The van der Waals surface area contributed by atoms with Crippen LogP contribution in [0.2, 0.25) is 0 Å². The molecule has 0 aromatic rings. The number of aliphatic hydroxyl groups excluding tert-OH is 3. The van der Waals surface area contributed by atoms with Gasteiger partial charge in [0.2, 0.25) is 0 Å². The SMILES string of the molecule is NC(CCO)(CCO)CCCO.O. The van der Waals surface area contributed by atoms with Crippen molar-refractivity contribution in [1.29, 1.82) is 0 Å². The highest BCUT2D eigenvalue weighted by atomic mass is 16.3. The quantitative estimate of drug-likeness (QED) is 0.391. The second-order valence-corrected chi connectivity index (χ2v) is 3.14. The second kappa shape index (κ2) is 8.40. The second-order valence-electron chi connectivity index (χ2n) is 3.14. The van der Waals surface area contributed by atoms with Crippen LogP contribution in [0.5, 0.6) is 0 Å². The molecule has 0 saturated carbocycles. The van der Waals surface area contributed by atoms with Crippen molar-refractivity contribution in [3.63, 3.8) is 0 Å². The molecule has 0 spiro atoms. The predicted octanol–water partition coefficient (Wildman–Crippen LogP) is -1.60. The maximum absolute atomic E-state index is 8.70. The van der Waals surface area contributed by atoms with Crippen molar-refractivity contribution in [2.24, 2.45) is 5.73 Å². The van der Waals surface area contributed by atoms with E-state index < -0.39 is 5.54 Å². The summed E-state index contributed by atoms with van der Waals surface area (Å²) < 4.78 is 0. The van der Waals surface area contributed by atoms with Crippen LogP contribution in [-0.4, -0.2) is 46.2 Å². The van der Waals surface area contributed by atoms with E-state index in [1.165, 1.54) is 0 Å². The molecular weight excluding hydrogens is 174 g/mol. The van der Waals surface area contributed by atoms with Gasteiger partial charge in [0.15, 0.2) is 0 Å². The summed E-state index contributed by atoms with van der Waals surface area (Å²) in [6.45, 7) is 0.166. The summed E-state index contributed by atoms with van der Waals surface area (Å²) in [5.41, 5.74) is 5.37. The zero-order chi connectivity index (χ0) is 9.45. The van der Waals surface area contributed by atoms with Gasteiger partial charge in [0.1, 0.15) is 0 Å². The molecule has 0 radical (unpaired) electrons. The summed E-state index contributed by atoms with van der Waals surface area (Å²) in [6, 6.07) is 0. The lowest BCUT2D eigenvalue weighted by Crippen LogP contribution is -2.41. The van der Waals surface area contributed by atoms with Crippen LogP contribution in [0.25, 0.3) is 0 Å². The molecule has 13 heavy (non-hydrogen) atoms. The average Bonchev–Trinajstić information content (AvgIpc) is 2.02. The van der Waals surface area contributed by atoms with Crippen molar-refractivity contribution in [3.8, 4) is 0 Å². The van der Waals surface area contributed by atoms with Gasteiger partial charge in [-0.3, -0.25) is 0 Å². The molecule has 0 fully saturated rings.